The first-order valence-corrected chi connectivity index (χ1v) is 7.04. The summed E-state index contributed by atoms with van der Waals surface area (Å²) in [6.07, 6.45) is -0.546. The van der Waals surface area contributed by atoms with Gasteiger partial charge in [-0.25, -0.2) is 9.79 Å². The maximum Gasteiger partial charge on any atom is 0.411 e. The van der Waals surface area contributed by atoms with Crippen molar-refractivity contribution in [2.45, 2.75) is 6.61 Å². The van der Waals surface area contributed by atoms with Crippen LogP contribution in [0.4, 0.5) is 16.2 Å². The summed E-state index contributed by atoms with van der Waals surface area (Å²) in [7, 11) is 0. The molecule has 8 nitrogen and oxygen atoms in total. The van der Waals surface area contributed by atoms with Gasteiger partial charge in [-0.05, 0) is 29.8 Å². The van der Waals surface area contributed by atoms with Crippen LogP contribution < -0.4 is 22.5 Å². The number of anilines is 1. The molecule has 24 heavy (non-hydrogen) atoms. The number of aliphatic imine (C=N–C) groups is 2. The Morgan fingerprint density at radius 2 is 1.67 bits per heavy atom. The molecule has 0 heterocycles. The van der Waals surface area contributed by atoms with E-state index < -0.39 is 6.09 Å². The zero-order valence-electron chi connectivity index (χ0n) is 12.8. The Labute approximate surface area is 139 Å². The molecule has 0 aliphatic carbocycles. The molecule has 0 radical (unpaired) electrons. The lowest BCUT2D eigenvalue weighted by atomic mass is 10.2. The van der Waals surface area contributed by atoms with E-state index in [2.05, 4.69) is 15.3 Å². The van der Waals surface area contributed by atoms with Crippen LogP contribution in [-0.4, -0.2) is 18.0 Å². The van der Waals surface area contributed by atoms with Gasteiger partial charge in [-0.3, -0.25) is 5.32 Å². The van der Waals surface area contributed by atoms with Gasteiger partial charge in [0.05, 0.1) is 5.69 Å². The fourth-order valence-corrected chi connectivity index (χ4v) is 1.79. The zero-order chi connectivity index (χ0) is 17.4. The fourth-order valence-electron chi connectivity index (χ4n) is 1.79. The van der Waals surface area contributed by atoms with Gasteiger partial charge in [0.2, 0.25) is 5.96 Å². The molecule has 7 N–H and O–H groups in total. The van der Waals surface area contributed by atoms with Gasteiger partial charge in [0.25, 0.3) is 0 Å². The standard InChI is InChI=1S/C16H18N6O2/c17-14(18)22-15(19)20-12-6-8-13(9-7-12)21-16(23)24-10-11-4-2-1-3-5-11/h1-9H,10H2,(H,21,23)(H6,17,18,19,20,22). The quantitative estimate of drug-likeness (QED) is 0.499. The molecule has 2 rings (SSSR count). The fraction of sp³-hybridized carbons (Fsp3) is 0.0625. The largest absolute Gasteiger partial charge is 0.444 e. The number of guanidine groups is 2. The van der Waals surface area contributed by atoms with Gasteiger partial charge < -0.3 is 21.9 Å². The van der Waals surface area contributed by atoms with Crippen molar-refractivity contribution in [3.63, 3.8) is 0 Å². The van der Waals surface area contributed by atoms with E-state index in [1.165, 1.54) is 0 Å². The highest BCUT2D eigenvalue weighted by molar-refractivity contribution is 5.93. The topological polar surface area (TPSA) is 141 Å². The number of nitrogens with one attached hydrogen (secondary N) is 1. The van der Waals surface area contributed by atoms with Gasteiger partial charge >= 0.3 is 6.09 Å². The van der Waals surface area contributed by atoms with E-state index in [0.717, 1.165) is 5.56 Å². The van der Waals surface area contributed by atoms with E-state index >= 15 is 0 Å². The molecule has 0 saturated carbocycles. The first-order chi connectivity index (χ1) is 11.5. The molecule has 0 spiro atoms. The van der Waals surface area contributed by atoms with Gasteiger partial charge in [0.15, 0.2) is 5.96 Å². The number of benzene rings is 2. The van der Waals surface area contributed by atoms with E-state index in [0.29, 0.717) is 11.4 Å². The van der Waals surface area contributed by atoms with Gasteiger partial charge in [0.1, 0.15) is 6.61 Å². The number of hydrogen-bond acceptors (Lipinski definition) is 3. The van der Waals surface area contributed by atoms with Gasteiger partial charge in [-0.2, -0.15) is 4.99 Å². The third-order valence-electron chi connectivity index (χ3n) is 2.81. The second kappa shape index (κ2) is 8.18. The molecule has 2 aromatic rings. The maximum absolute atomic E-state index is 11.7. The smallest absolute Gasteiger partial charge is 0.411 e. The first kappa shape index (κ1) is 16.8. The van der Waals surface area contributed by atoms with Crippen molar-refractivity contribution in [1.29, 1.82) is 0 Å². The summed E-state index contributed by atoms with van der Waals surface area (Å²) in [6.45, 7) is 0.199. The van der Waals surface area contributed by atoms with Crippen LogP contribution in [0.25, 0.3) is 0 Å². The van der Waals surface area contributed by atoms with Gasteiger partial charge in [0, 0.05) is 5.69 Å². The Balaban J connectivity index is 1.89. The second-order valence-corrected chi connectivity index (χ2v) is 4.74. The van der Waals surface area contributed by atoms with Crippen LogP contribution in [0.15, 0.2) is 64.6 Å². The summed E-state index contributed by atoms with van der Waals surface area (Å²) in [5, 5.41) is 2.62. The number of nitrogens with zero attached hydrogens (tertiary/aromatic N) is 2. The number of nitrogens with two attached hydrogens (primary N) is 3. The number of amides is 1. The third kappa shape index (κ3) is 5.68. The summed E-state index contributed by atoms with van der Waals surface area (Å²) in [5.74, 6) is -0.228. The average Bonchev–Trinajstić information content (AvgIpc) is 2.55. The van der Waals surface area contributed by atoms with Gasteiger partial charge in [-0.1, -0.05) is 30.3 Å². The van der Waals surface area contributed by atoms with Crippen molar-refractivity contribution in [1.82, 2.24) is 0 Å². The minimum atomic E-state index is -0.546. The molecule has 0 bridgehead atoms. The summed E-state index contributed by atoms with van der Waals surface area (Å²) >= 11 is 0. The predicted molar refractivity (Wildman–Crippen MR) is 93.8 cm³/mol. The Bertz CT molecular complexity index is 737. The SMILES string of the molecule is NC(N)=NC(N)=Nc1ccc(NC(=O)OCc2ccccc2)cc1. The van der Waals surface area contributed by atoms with Crippen molar-refractivity contribution in [3.05, 3.63) is 60.2 Å². The lowest BCUT2D eigenvalue weighted by molar-refractivity contribution is 0.155. The summed E-state index contributed by atoms with van der Waals surface area (Å²) in [5.41, 5.74) is 18.0. The predicted octanol–water partition coefficient (Wildman–Crippen LogP) is 1.65. The minimum Gasteiger partial charge on any atom is -0.444 e. The highest BCUT2D eigenvalue weighted by atomic mass is 16.5. The average molecular weight is 326 g/mol. The van der Waals surface area contributed by atoms with Crippen molar-refractivity contribution in [3.8, 4) is 0 Å². The first-order valence-electron chi connectivity index (χ1n) is 7.04. The molecule has 0 saturated heterocycles. The molecule has 2 aromatic carbocycles. The molecule has 0 aliphatic rings. The zero-order valence-corrected chi connectivity index (χ0v) is 12.8. The van der Waals surface area contributed by atoms with Crippen LogP contribution >= 0.6 is 0 Å². The highest BCUT2D eigenvalue weighted by Gasteiger charge is 2.04. The molecular weight excluding hydrogens is 308 g/mol. The normalized spacial score (nSPS) is 10.8. The van der Waals surface area contributed by atoms with E-state index in [4.69, 9.17) is 21.9 Å². The molecule has 0 unspecified atom stereocenters. The Morgan fingerprint density at radius 1 is 1.00 bits per heavy atom. The van der Waals surface area contributed by atoms with Crippen molar-refractivity contribution in [2.24, 2.45) is 27.2 Å². The minimum absolute atomic E-state index is 0.0574. The third-order valence-corrected chi connectivity index (χ3v) is 2.81. The monoisotopic (exact) mass is 326 g/mol. The Hall–Kier alpha value is -3.55. The molecular formula is C16H18N6O2. The van der Waals surface area contributed by atoms with Crippen LogP contribution in [-0.2, 0) is 11.3 Å². The lowest BCUT2D eigenvalue weighted by Crippen LogP contribution is -2.26. The van der Waals surface area contributed by atoms with Crippen molar-refractivity contribution in [2.75, 3.05) is 5.32 Å². The molecule has 8 heteroatoms. The Morgan fingerprint density at radius 3 is 2.29 bits per heavy atom. The van der Waals surface area contributed by atoms with E-state index in [-0.39, 0.29) is 18.5 Å². The number of rotatable bonds is 4. The van der Waals surface area contributed by atoms with Crippen LogP contribution in [0.3, 0.4) is 0 Å². The van der Waals surface area contributed by atoms with E-state index in [1.807, 2.05) is 30.3 Å². The Kier molecular flexibility index (Phi) is 5.73. The number of hydrogen-bond donors (Lipinski definition) is 4. The highest BCUT2D eigenvalue weighted by Crippen LogP contribution is 2.16. The number of ether oxygens (including phenoxy) is 1. The van der Waals surface area contributed by atoms with E-state index in [9.17, 15) is 4.79 Å². The van der Waals surface area contributed by atoms with Crippen molar-refractivity contribution < 1.29 is 9.53 Å². The van der Waals surface area contributed by atoms with E-state index in [1.54, 1.807) is 24.3 Å². The summed E-state index contributed by atoms with van der Waals surface area (Å²) in [6, 6.07) is 16.0. The molecule has 1 amide bonds. The molecule has 0 aliphatic heterocycles. The van der Waals surface area contributed by atoms with Gasteiger partial charge in [-0.15, -0.1) is 0 Å². The summed E-state index contributed by atoms with van der Waals surface area (Å²) < 4.78 is 5.13. The molecule has 0 atom stereocenters. The van der Waals surface area contributed by atoms with Crippen LogP contribution in [0.5, 0.6) is 0 Å². The molecule has 0 aromatic heterocycles. The number of carbonyl (C=O) groups excluding carboxylic acids is 1. The molecule has 0 fully saturated rings. The lowest BCUT2D eigenvalue weighted by Gasteiger charge is -2.07. The van der Waals surface area contributed by atoms with Crippen molar-refractivity contribution >= 4 is 29.4 Å². The maximum atomic E-state index is 11.7. The summed E-state index contributed by atoms with van der Waals surface area (Å²) in [4.78, 5) is 19.3. The molecule has 124 valence electrons. The van der Waals surface area contributed by atoms with Crippen LogP contribution in [0, 0.1) is 0 Å². The van der Waals surface area contributed by atoms with Crippen LogP contribution in [0.1, 0.15) is 5.56 Å². The number of carbonyl (C=O) groups is 1. The van der Waals surface area contributed by atoms with Crippen LogP contribution in [0.2, 0.25) is 0 Å². The second-order valence-electron chi connectivity index (χ2n) is 4.74.